The number of hydrogen-bond acceptors (Lipinski definition) is 6. The molecule has 0 saturated heterocycles. The van der Waals surface area contributed by atoms with E-state index in [2.05, 4.69) is 9.82 Å². The first-order valence-electron chi connectivity index (χ1n) is 8.67. The lowest BCUT2D eigenvalue weighted by molar-refractivity contribution is -0.385. The number of non-ortho nitro benzene ring substituents is 1. The lowest BCUT2D eigenvalue weighted by atomic mass is 10.2. The zero-order valence-corrected chi connectivity index (χ0v) is 16.9. The molecule has 0 unspecified atom stereocenters. The van der Waals surface area contributed by atoms with Gasteiger partial charge in [0.1, 0.15) is 10.6 Å². The molecule has 2 aromatic carbocycles. The zero-order chi connectivity index (χ0) is 21.2. The number of nitro benzene ring substituents is 1. The Kier molecular flexibility index (Phi) is 5.66. The Balaban J connectivity index is 1.88. The van der Waals surface area contributed by atoms with E-state index in [0.717, 1.165) is 35.1 Å². The van der Waals surface area contributed by atoms with Crippen LogP contribution in [0.3, 0.4) is 0 Å². The second-order valence-corrected chi connectivity index (χ2v) is 8.05. The Bertz CT molecular complexity index is 1160. The van der Waals surface area contributed by atoms with Crippen LogP contribution in [0.1, 0.15) is 17.0 Å². The van der Waals surface area contributed by atoms with Gasteiger partial charge in [0.2, 0.25) is 10.0 Å². The van der Waals surface area contributed by atoms with E-state index in [4.69, 9.17) is 4.74 Å². The fourth-order valence-electron chi connectivity index (χ4n) is 2.99. The van der Waals surface area contributed by atoms with Gasteiger partial charge < -0.3 is 4.74 Å². The quantitative estimate of drug-likeness (QED) is 0.468. The van der Waals surface area contributed by atoms with Gasteiger partial charge in [0.15, 0.2) is 0 Å². The summed E-state index contributed by atoms with van der Waals surface area (Å²) in [5.41, 5.74) is 2.88. The second-order valence-electron chi connectivity index (χ2n) is 6.31. The minimum absolute atomic E-state index is 0.0208. The van der Waals surface area contributed by atoms with E-state index >= 15 is 0 Å². The number of sulfonamides is 1. The predicted octanol–water partition coefficient (Wildman–Crippen LogP) is 2.88. The Morgan fingerprint density at radius 3 is 2.48 bits per heavy atom. The summed E-state index contributed by atoms with van der Waals surface area (Å²) in [5, 5.41) is 15.4. The maximum absolute atomic E-state index is 12.8. The molecule has 0 fully saturated rings. The number of nitrogens with one attached hydrogen (secondary N) is 1. The van der Waals surface area contributed by atoms with Crippen LogP contribution < -0.4 is 9.46 Å². The van der Waals surface area contributed by atoms with Gasteiger partial charge in [0, 0.05) is 23.9 Å². The van der Waals surface area contributed by atoms with Crippen LogP contribution in [-0.2, 0) is 16.6 Å². The van der Waals surface area contributed by atoms with Crippen LogP contribution in [-0.4, -0.2) is 30.2 Å². The molecule has 10 heteroatoms. The summed E-state index contributed by atoms with van der Waals surface area (Å²) in [7, 11) is -2.71. The van der Waals surface area contributed by atoms with Crippen LogP contribution in [0, 0.1) is 24.0 Å². The molecule has 0 aliphatic rings. The van der Waals surface area contributed by atoms with Gasteiger partial charge in [0.05, 0.1) is 29.5 Å². The molecule has 152 valence electrons. The summed E-state index contributed by atoms with van der Waals surface area (Å²) in [6.45, 7) is 3.69. The van der Waals surface area contributed by atoms with Crippen LogP contribution >= 0.6 is 0 Å². The van der Waals surface area contributed by atoms with Gasteiger partial charge in [-0.15, -0.1) is 0 Å². The number of nitro groups is 1. The van der Waals surface area contributed by atoms with Gasteiger partial charge >= 0.3 is 0 Å². The number of methoxy groups -OCH3 is 1. The molecule has 0 aliphatic carbocycles. The zero-order valence-electron chi connectivity index (χ0n) is 16.1. The average molecular weight is 416 g/mol. The lowest BCUT2D eigenvalue weighted by Gasteiger charge is -2.11. The number of ether oxygens (including phenoxy) is 1. The number of rotatable bonds is 7. The van der Waals surface area contributed by atoms with Crippen molar-refractivity contribution in [2.75, 3.05) is 7.11 Å². The van der Waals surface area contributed by atoms with Crippen LogP contribution in [0.25, 0.3) is 5.69 Å². The maximum Gasteiger partial charge on any atom is 0.273 e. The van der Waals surface area contributed by atoms with Gasteiger partial charge in [-0.05, 0) is 32.0 Å². The highest BCUT2D eigenvalue weighted by Crippen LogP contribution is 2.28. The molecule has 1 heterocycles. The molecule has 0 radical (unpaired) electrons. The third kappa shape index (κ3) is 4.13. The molecule has 0 amide bonds. The van der Waals surface area contributed by atoms with E-state index in [0.29, 0.717) is 5.69 Å². The number of benzene rings is 2. The smallest absolute Gasteiger partial charge is 0.273 e. The molecule has 3 rings (SSSR count). The maximum atomic E-state index is 12.8. The molecule has 0 bridgehead atoms. The van der Waals surface area contributed by atoms with Gasteiger partial charge in [-0.25, -0.2) is 17.8 Å². The summed E-state index contributed by atoms with van der Waals surface area (Å²) < 4.78 is 34.9. The summed E-state index contributed by atoms with van der Waals surface area (Å²) >= 11 is 0. The first-order chi connectivity index (χ1) is 13.7. The molecule has 0 spiro atoms. The molecule has 0 atom stereocenters. The van der Waals surface area contributed by atoms with E-state index < -0.39 is 14.9 Å². The van der Waals surface area contributed by atoms with Crippen molar-refractivity contribution in [2.24, 2.45) is 0 Å². The first kappa shape index (κ1) is 20.5. The summed E-state index contributed by atoms with van der Waals surface area (Å²) in [6.07, 6.45) is 0. The number of aryl methyl sites for hydroxylation is 1. The van der Waals surface area contributed by atoms with Crippen molar-refractivity contribution in [3.8, 4) is 11.4 Å². The van der Waals surface area contributed by atoms with Gasteiger partial charge in [-0.3, -0.25) is 10.1 Å². The average Bonchev–Trinajstić information content (AvgIpc) is 3.00. The molecule has 1 N–H and O–H groups in total. The third-order valence-corrected chi connectivity index (χ3v) is 5.97. The molecule has 9 nitrogen and oxygen atoms in total. The van der Waals surface area contributed by atoms with Gasteiger partial charge in [-0.1, -0.05) is 18.2 Å². The fraction of sp³-hybridized carbons (Fsp3) is 0.211. The van der Waals surface area contributed by atoms with Crippen molar-refractivity contribution >= 4 is 15.7 Å². The van der Waals surface area contributed by atoms with Crippen molar-refractivity contribution < 1.29 is 18.1 Å². The van der Waals surface area contributed by atoms with Crippen molar-refractivity contribution in [3.05, 3.63) is 75.6 Å². The number of nitrogens with zero attached hydrogens (tertiary/aromatic N) is 3. The number of aromatic nitrogens is 2. The van der Waals surface area contributed by atoms with Crippen LogP contribution in [0.4, 0.5) is 5.69 Å². The van der Waals surface area contributed by atoms with E-state index in [9.17, 15) is 18.5 Å². The standard InChI is InChI=1S/C19H20N4O5S/c1-13-17(14(2)22(21-13)15-7-5-4-6-8-15)12-20-29(26,27)19-10-9-16(23(24)25)11-18(19)28-3/h4-11,20H,12H2,1-3H3. The number of para-hydroxylation sites is 1. The monoisotopic (exact) mass is 416 g/mol. The normalized spacial score (nSPS) is 11.4. The third-order valence-electron chi connectivity index (χ3n) is 4.53. The highest BCUT2D eigenvalue weighted by atomic mass is 32.2. The topological polar surface area (TPSA) is 116 Å². The van der Waals surface area contributed by atoms with Crippen molar-refractivity contribution in [3.63, 3.8) is 0 Å². The van der Waals surface area contributed by atoms with Crippen LogP contribution in [0.2, 0.25) is 0 Å². The Morgan fingerprint density at radius 2 is 1.86 bits per heavy atom. The molecule has 29 heavy (non-hydrogen) atoms. The van der Waals surface area contributed by atoms with E-state index in [1.807, 2.05) is 44.2 Å². The number of hydrogen-bond donors (Lipinski definition) is 1. The summed E-state index contributed by atoms with van der Waals surface area (Å²) in [5.74, 6) is -0.0971. The summed E-state index contributed by atoms with van der Waals surface area (Å²) in [4.78, 5) is 10.1. The molecule has 0 aliphatic heterocycles. The Hall–Kier alpha value is -3.24. The largest absolute Gasteiger partial charge is 0.495 e. The minimum Gasteiger partial charge on any atom is -0.495 e. The molecular formula is C19H20N4O5S. The molecule has 0 saturated carbocycles. The van der Waals surface area contributed by atoms with Crippen molar-refractivity contribution in [1.29, 1.82) is 0 Å². The van der Waals surface area contributed by atoms with Crippen molar-refractivity contribution in [1.82, 2.24) is 14.5 Å². The van der Waals surface area contributed by atoms with Crippen LogP contribution in [0.15, 0.2) is 53.4 Å². The van der Waals surface area contributed by atoms with E-state index in [1.54, 1.807) is 4.68 Å². The van der Waals surface area contributed by atoms with Crippen LogP contribution in [0.5, 0.6) is 5.75 Å². The second kappa shape index (κ2) is 8.02. The van der Waals surface area contributed by atoms with Gasteiger partial charge in [0.25, 0.3) is 5.69 Å². The summed E-state index contributed by atoms with van der Waals surface area (Å²) in [6, 6.07) is 12.9. The minimum atomic E-state index is -3.97. The SMILES string of the molecule is COc1cc([N+](=O)[O-])ccc1S(=O)(=O)NCc1c(C)nn(-c2ccccc2)c1C. The first-order valence-corrected chi connectivity index (χ1v) is 10.2. The predicted molar refractivity (Wildman–Crippen MR) is 107 cm³/mol. The van der Waals surface area contributed by atoms with Gasteiger partial charge in [-0.2, -0.15) is 5.10 Å². The van der Waals surface area contributed by atoms with E-state index in [-0.39, 0.29) is 22.9 Å². The highest BCUT2D eigenvalue weighted by Gasteiger charge is 2.23. The molecular weight excluding hydrogens is 396 g/mol. The Morgan fingerprint density at radius 1 is 1.17 bits per heavy atom. The lowest BCUT2D eigenvalue weighted by Crippen LogP contribution is -2.24. The molecule has 1 aromatic heterocycles. The highest BCUT2D eigenvalue weighted by molar-refractivity contribution is 7.89. The van der Waals surface area contributed by atoms with E-state index in [1.165, 1.54) is 7.11 Å². The fourth-order valence-corrected chi connectivity index (χ4v) is 4.13. The molecule has 3 aromatic rings. The van der Waals surface area contributed by atoms with Crippen molar-refractivity contribution in [2.45, 2.75) is 25.3 Å². The Labute approximate surface area is 168 Å².